The van der Waals surface area contributed by atoms with Crippen LogP contribution in [0.2, 0.25) is 0 Å². The Morgan fingerprint density at radius 3 is 2.50 bits per heavy atom. The van der Waals surface area contributed by atoms with Crippen LogP contribution < -0.4 is 10.1 Å². The van der Waals surface area contributed by atoms with Crippen molar-refractivity contribution >= 4 is 5.91 Å². The molecule has 1 aromatic rings. The van der Waals surface area contributed by atoms with Crippen LogP contribution in [0.25, 0.3) is 0 Å². The highest BCUT2D eigenvalue weighted by atomic mass is 16.5. The largest absolute Gasteiger partial charge is 0.497 e. The van der Waals surface area contributed by atoms with Gasteiger partial charge in [0.1, 0.15) is 5.75 Å². The fourth-order valence-electron chi connectivity index (χ4n) is 2.67. The molecule has 1 aliphatic rings. The second-order valence-electron chi connectivity index (χ2n) is 5.25. The molecule has 20 heavy (non-hydrogen) atoms. The SMILES string of the molecule is CCC(=O)NCC1(c2ccc(OC)cc2)CCOCC1. The predicted molar refractivity (Wildman–Crippen MR) is 78.0 cm³/mol. The quantitative estimate of drug-likeness (QED) is 0.898. The minimum absolute atomic E-state index is 0.0185. The number of carbonyl (C=O) groups excluding carboxylic acids is 1. The summed E-state index contributed by atoms with van der Waals surface area (Å²) in [5.74, 6) is 0.956. The highest BCUT2D eigenvalue weighted by Crippen LogP contribution is 2.35. The van der Waals surface area contributed by atoms with Gasteiger partial charge in [-0.15, -0.1) is 0 Å². The molecule has 1 amide bonds. The Balaban J connectivity index is 2.18. The van der Waals surface area contributed by atoms with Gasteiger partial charge in [-0.05, 0) is 30.5 Å². The average Bonchev–Trinajstić information content (AvgIpc) is 2.53. The zero-order chi connectivity index (χ0) is 14.4. The highest BCUT2D eigenvalue weighted by Gasteiger charge is 2.34. The Labute approximate surface area is 120 Å². The lowest BCUT2D eigenvalue weighted by atomic mass is 9.74. The zero-order valence-electron chi connectivity index (χ0n) is 12.3. The van der Waals surface area contributed by atoms with Gasteiger partial charge in [0.05, 0.1) is 7.11 Å². The molecule has 0 aromatic heterocycles. The number of carbonyl (C=O) groups is 1. The van der Waals surface area contributed by atoms with Crippen LogP contribution in [0.3, 0.4) is 0 Å². The summed E-state index contributed by atoms with van der Waals surface area (Å²) in [7, 11) is 1.67. The molecule has 110 valence electrons. The number of nitrogens with one attached hydrogen (secondary N) is 1. The Morgan fingerprint density at radius 2 is 1.95 bits per heavy atom. The molecule has 0 spiro atoms. The number of methoxy groups -OCH3 is 1. The summed E-state index contributed by atoms with van der Waals surface area (Å²) in [6.45, 7) is 4.04. The third-order valence-corrected chi connectivity index (χ3v) is 4.10. The molecule has 0 saturated carbocycles. The van der Waals surface area contributed by atoms with E-state index >= 15 is 0 Å². The van der Waals surface area contributed by atoms with E-state index in [0.29, 0.717) is 13.0 Å². The smallest absolute Gasteiger partial charge is 0.219 e. The lowest BCUT2D eigenvalue weighted by Gasteiger charge is -2.38. The normalized spacial score (nSPS) is 17.5. The maximum absolute atomic E-state index is 11.6. The number of hydrogen-bond acceptors (Lipinski definition) is 3. The fraction of sp³-hybridized carbons (Fsp3) is 0.562. The van der Waals surface area contributed by atoms with Crippen LogP contribution in [0.15, 0.2) is 24.3 Å². The standard InChI is InChI=1S/C16H23NO3/c1-3-15(18)17-12-16(8-10-20-11-9-16)13-4-6-14(19-2)7-5-13/h4-7H,3,8-12H2,1-2H3,(H,17,18). The van der Waals surface area contributed by atoms with Gasteiger partial charge in [0.15, 0.2) is 0 Å². The Bertz CT molecular complexity index is 436. The third-order valence-electron chi connectivity index (χ3n) is 4.10. The lowest BCUT2D eigenvalue weighted by molar-refractivity contribution is -0.121. The van der Waals surface area contributed by atoms with E-state index in [9.17, 15) is 4.79 Å². The summed E-state index contributed by atoms with van der Waals surface area (Å²) >= 11 is 0. The van der Waals surface area contributed by atoms with Crippen molar-refractivity contribution in [3.05, 3.63) is 29.8 Å². The molecule has 1 heterocycles. The van der Waals surface area contributed by atoms with Crippen molar-refractivity contribution in [1.29, 1.82) is 0 Å². The lowest BCUT2D eigenvalue weighted by Crippen LogP contribution is -2.44. The molecule has 0 radical (unpaired) electrons. The number of ether oxygens (including phenoxy) is 2. The first kappa shape index (κ1) is 14.9. The molecule has 0 atom stereocenters. The summed E-state index contributed by atoms with van der Waals surface area (Å²) in [5.41, 5.74) is 1.23. The molecule has 2 rings (SSSR count). The maximum Gasteiger partial charge on any atom is 0.219 e. The Morgan fingerprint density at radius 1 is 1.30 bits per heavy atom. The van der Waals surface area contributed by atoms with Crippen LogP contribution in [0.1, 0.15) is 31.7 Å². The van der Waals surface area contributed by atoms with Crippen molar-refractivity contribution in [1.82, 2.24) is 5.32 Å². The van der Waals surface area contributed by atoms with Crippen molar-refractivity contribution in [2.45, 2.75) is 31.6 Å². The van der Waals surface area contributed by atoms with Crippen LogP contribution in [0.5, 0.6) is 5.75 Å². The van der Waals surface area contributed by atoms with E-state index in [1.807, 2.05) is 19.1 Å². The van der Waals surface area contributed by atoms with Crippen LogP contribution >= 0.6 is 0 Å². The molecule has 0 aliphatic carbocycles. The highest BCUT2D eigenvalue weighted by molar-refractivity contribution is 5.75. The van der Waals surface area contributed by atoms with Gasteiger partial charge in [-0.1, -0.05) is 19.1 Å². The molecule has 1 fully saturated rings. The molecule has 0 bridgehead atoms. The fourth-order valence-corrected chi connectivity index (χ4v) is 2.67. The van der Waals surface area contributed by atoms with Gasteiger partial charge >= 0.3 is 0 Å². The minimum Gasteiger partial charge on any atom is -0.497 e. The summed E-state index contributed by atoms with van der Waals surface area (Å²) in [6.07, 6.45) is 2.39. The van der Waals surface area contributed by atoms with Gasteiger partial charge in [0.2, 0.25) is 5.91 Å². The molecular formula is C16H23NO3. The first-order valence-electron chi connectivity index (χ1n) is 7.19. The van der Waals surface area contributed by atoms with E-state index in [-0.39, 0.29) is 11.3 Å². The summed E-state index contributed by atoms with van der Waals surface area (Å²) < 4.78 is 10.7. The van der Waals surface area contributed by atoms with E-state index in [2.05, 4.69) is 17.4 Å². The van der Waals surface area contributed by atoms with Crippen LogP contribution in [-0.2, 0) is 14.9 Å². The predicted octanol–water partition coefficient (Wildman–Crippen LogP) is 2.27. The van der Waals surface area contributed by atoms with Gasteiger partial charge in [-0.3, -0.25) is 4.79 Å². The number of hydrogen-bond donors (Lipinski definition) is 1. The summed E-state index contributed by atoms with van der Waals surface area (Å²) in [6, 6.07) is 8.16. The van der Waals surface area contributed by atoms with Gasteiger partial charge < -0.3 is 14.8 Å². The molecule has 1 aromatic carbocycles. The Hall–Kier alpha value is -1.55. The second-order valence-corrected chi connectivity index (χ2v) is 5.25. The van der Waals surface area contributed by atoms with Crippen LogP contribution in [0, 0.1) is 0 Å². The van der Waals surface area contributed by atoms with Gasteiger partial charge in [0.25, 0.3) is 0 Å². The van der Waals surface area contributed by atoms with Crippen LogP contribution in [0.4, 0.5) is 0 Å². The van der Waals surface area contributed by atoms with E-state index in [0.717, 1.165) is 31.8 Å². The minimum atomic E-state index is -0.0185. The van der Waals surface area contributed by atoms with Crippen molar-refractivity contribution in [3.63, 3.8) is 0 Å². The number of benzene rings is 1. The van der Waals surface area contributed by atoms with Crippen molar-refractivity contribution in [2.75, 3.05) is 26.9 Å². The monoisotopic (exact) mass is 277 g/mol. The van der Waals surface area contributed by atoms with Gasteiger partial charge in [-0.2, -0.15) is 0 Å². The average molecular weight is 277 g/mol. The molecule has 1 N–H and O–H groups in total. The molecular weight excluding hydrogens is 254 g/mol. The van der Waals surface area contributed by atoms with Crippen molar-refractivity contribution < 1.29 is 14.3 Å². The van der Waals surface area contributed by atoms with Gasteiger partial charge in [-0.25, -0.2) is 0 Å². The van der Waals surface area contributed by atoms with Crippen molar-refractivity contribution in [2.24, 2.45) is 0 Å². The van der Waals surface area contributed by atoms with E-state index in [4.69, 9.17) is 9.47 Å². The Kier molecular flexibility index (Phi) is 5.01. The molecule has 4 nitrogen and oxygen atoms in total. The molecule has 4 heteroatoms. The zero-order valence-corrected chi connectivity index (χ0v) is 12.3. The van der Waals surface area contributed by atoms with E-state index in [1.165, 1.54) is 5.56 Å². The van der Waals surface area contributed by atoms with E-state index < -0.39 is 0 Å². The number of amides is 1. The first-order valence-corrected chi connectivity index (χ1v) is 7.19. The third kappa shape index (κ3) is 3.31. The van der Waals surface area contributed by atoms with Crippen LogP contribution in [-0.4, -0.2) is 32.8 Å². The number of rotatable bonds is 5. The molecule has 1 saturated heterocycles. The van der Waals surface area contributed by atoms with Crippen molar-refractivity contribution in [3.8, 4) is 5.75 Å². The van der Waals surface area contributed by atoms with E-state index in [1.54, 1.807) is 7.11 Å². The topological polar surface area (TPSA) is 47.6 Å². The summed E-state index contributed by atoms with van der Waals surface area (Å²) in [5, 5.41) is 3.04. The maximum atomic E-state index is 11.6. The first-order chi connectivity index (χ1) is 9.70. The molecule has 1 aliphatic heterocycles. The molecule has 0 unspecified atom stereocenters. The second kappa shape index (κ2) is 6.75. The summed E-state index contributed by atoms with van der Waals surface area (Å²) in [4.78, 5) is 11.6. The van der Waals surface area contributed by atoms with Gasteiger partial charge in [0, 0.05) is 31.6 Å².